The van der Waals surface area contributed by atoms with Gasteiger partial charge in [0.1, 0.15) is 35.1 Å². The summed E-state index contributed by atoms with van der Waals surface area (Å²) in [7, 11) is 3.30. The first-order valence-electron chi connectivity index (χ1n) is 9.18. The molecule has 0 radical (unpaired) electrons. The molecular weight excluding hydrogens is 366 g/mol. The summed E-state index contributed by atoms with van der Waals surface area (Å²) in [6.45, 7) is 0.639. The second kappa shape index (κ2) is 8.48. The number of nitrogens with one attached hydrogen (secondary N) is 1. The van der Waals surface area contributed by atoms with Crippen molar-refractivity contribution < 1.29 is 14.2 Å². The van der Waals surface area contributed by atoms with Crippen molar-refractivity contribution in [3.63, 3.8) is 0 Å². The Labute approximate surface area is 169 Å². The van der Waals surface area contributed by atoms with Crippen molar-refractivity contribution in [2.45, 2.75) is 6.54 Å². The minimum Gasteiger partial charge on any atom is -0.497 e. The van der Waals surface area contributed by atoms with Crippen molar-refractivity contribution in [3.8, 4) is 23.0 Å². The van der Waals surface area contributed by atoms with Crippen LogP contribution < -0.4 is 19.5 Å². The molecule has 1 heterocycles. The van der Waals surface area contributed by atoms with Crippen molar-refractivity contribution in [3.05, 3.63) is 78.6 Å². The molecule has 0 aliphatic carbocycles. The van der Waals surface area contributed by atoms with Gasteiger partial charge in [-0.1, -0.05) is 12.1 Å². The van der Waals surface area contributed by atoms with Crippen LogP contribution >= 0.6 is 0 Å². The van der Waals surface area contributed by atoms with Crippen LogP contribution in [0.1, 0.15) is 5.56 Å². The van der Waals surface area contributed by atoms with Crippen molar-refractivity contribution >= 4 is 16.7 Å². The van der Waals surface area contributed by atoms with Gasteiger partial charge in [-0.15, -0.1) is 0 Å². The Kier molecular flexibility index (Phi) is 5.42. The quantitative estimate of drug-likeness (QED) is 0.479. The third kappa shape index (κ3) is 4.38. The maximum absolute atomic E-state index is 5.98. The number of aromatic nitrogens is 2. The molecule has 0 atom stereocenters. The van der Waals surface area contributed by atoms with E-state index in [0.717, 1.165) is 39.5 Å². The SMILES string of the molecule is COc1ccc(CNc2ncnc3ccc(Oc4ccc(OC)cc4)cc23)cc1. The van der Waals surface area contributed by atoms with Gasteiger partial charge in [0.2, 0.25) is 0 Å². The normalized spacial score (nSPS) is 10.6. The van der Waals surface area contributed by atoms with Gasteiger partial charge in [0.05, 0.1) is 19.7 Å². The average molecular weight is 387 g/mol. The summed E-state index contributed by atoms with van der Waals surface area (Å²) in [4.78, 5) is 8.76. The van der Waals surface area contributed by atoms with Gasteiger partial charge in [-0.05, 0) is 60.2 Å². The number of benzene rings is 3. The lowest BCUT2D eigenvalue weighted by molar-refractivity contribution is 0.413. The van der Waals surface area contributed by atoms with E-state index in [9.17, 15) is 0 Å². The Morgan fingerprint density at radius 3 is 2.03 bits per heavy atom. The van der Waals surface area contributed by atoms with Crippen LogP contribution in [-0.2, 0) is 6.54 Å². The highest BCUT2D eigenvalue weighted by molar-refractivity contribution is 5.90. The van der Waals surface area contributed by atoms with Crippen LogP contribution in [0.4, 0.5) is 5.82 Å². The van der Waals surface area contributed by atoms with E-state index in [1.807, 2.05) is 66.7 Å². The summed E-state index contributed by atoms with van der Waals surface area (Å²) >= 11 is 0. The number of anilines is 1. The zero-order chi connectivity index (χ0) is 20.1. The van der Waals surface area contributed by atoms with Crippen LogP contribution in [0.5, 0.6) is 23.0 Å². The lowest BCUT2D eigenvalue weighted by Gasteiger charge is -2.11. The average Bonchev–Trinajstić information content (AvgIpc) is 2.78. The maximum Gasteiger partial charge on any atom is 0.137 e. The molecule has 1 N–H and O–H groups in total. The molecular formula is C23H21N3O3. The summed E-state index contributed by atoms with van der Waals surface area (Å²) in [5.74, 6) is 3.82. The number of hydrogen-bond acceptors (Lipinski definition) is 6. The Morgan fingerprint density at radius 1 is 0.724 bits per heavy atom. The highest BCUT2D eigenvalue weighted by Gasteiger charge is 2.07. The largest absolute Gasteiger partial charge is 0.497 e. The van der Waals surface area contributed by atoms with Crippen molar-refractivity contribution in [1.29, 1.82) is 0 Å². The molecule has 0 fully saturated rings. The van der Waals surface area contributed by atoms with Crippen LogP contribution in [0.2, 0.25) is 0 Å². The van der Waals surface area contributed by atoms with Gasteiger partial charge >= 0.3 is 0 Å². The van der Waals surface area contributed by atoms with Gasteiger partial charge in [0.15, 0.2) is 0 Å². The smallest absolute Gasteiger partial charge is 0.137 e. The zero-order valence-corrected chi connectivity index (χ0v) is 16.3. The molecule has 6 heteroatoms. The second-order valence-corrected chi connectivity index (χ2v) is 6.38. The minimum atomic E-state index is 0.639. The molecule has 0 aliphatic heterocycles. The summed E-state index contributed by atoms with van der Waals surface area (Å²) in [6, 6.07) is 21.1. The molecule has 3 aromatic carbocycles. The van der Waals surface area contributed by atoms with Gasteiger partial charge in [-0.25, -0.2) is 9.97 Å². The van der Waals surface area contributed by atoms with E-state index in [-0.39, 0.29) is 0 Å². The number of ether oxygens (including phenoxy) is 3. The second-order valence-electron chi connectivity index (χ2n) is 6.38. The number of rotatable bonds is 7. The predicted octanol–water partition coefficient (Wildman–Crippen LogP) is 5.05. The Bertz CT molecular complexity index is 1100. The monoisotopic (exact) mass is 387 g/mol. The molecule has 0 unspecified atom stereocenters. The van der Waals surface area contributed by atoms with Crippen LogP contribution in [-0.4, -0.2) is 24.2 Å². The molecule has 29 heavy (non-hydrogen) atoms. The van der Waals surface area contributed by atoms with Crippen molar-refractivity contribution in [2.24, 2.45) is 0 Å². The number of fused-ring (bicyclic) bond motifs is 1. The van der Waals surface area contributed by atoms with Gasteiger partial charge in [-0.2, -0.15) is 0 Å². The molecule has 0 saturated heterocycles. The Hall–Kier alpha value is -3.80. The molecule has 0 amide bonds. The Balaban J connectivity index is 1.54. The summed E-state index contributed by atoms with van der Waals surface area (Å²) in [6.07, 6.45) is 1.56. The van der Waals surface area contributed by atoms with Crippen LogP contribution in [0.25, 0.3) is 10.9 Å². The third-order valence-electron chi connectivity index (χ3n) is 4.52. The zero-order valence-electron chi connectivity index (χ0n) is 16.3. The lowest BCUT2D eigenvalue weighted by atomic mass is 10.2. The van der Waals surface area contributed by atoms with E-state index in [2.05, 4.69) is 15.3 Å². The van der Waals surface area contributed by atoms with Crippen LogP contribution in [0.3, 0.4) is 0 Å². The van der Waals surface area contributed by atoms with E-state index in [4.69, 9.17) is 14.2 Å². The van der Waals surface area contributed by atoms with Gasteiger partial charge in [0.25, 0.3) is 0 Å². The fourth-order valence-corrected chi connectivity index (χ4v) is 2.95. The fourth-order valence-electron chi connectivity index (χ4n) is 2.95. The number of hydrogen-bond donors (Lipinski definition) is 1. The van der Waals surface area contributed by atoms with Crippen LogP contribution in [0.15, 0.2) is 73.1 Å². The number of nitrogens with zero attached hydrogens (tertiary/aromatic N) is 2. The lowest BCUT2D eigenvalue weighted by Crippen LogP contribution is -2.02. The Morgan fingerprint density at radius 2 is 1.34 bits per heavy atom. The van der Waals surface area contributed by atoms with E-state index in [1.54, 1.807) is 20.5 Å². The van der Waals surface area contributed by atoms with Crippen LogP contribution in [0, 0.1) is 0 Å². The molecule has 6 nitrogen and oxygen atoms in total. The molecule has 4 rings (SSSR count). The molecule has 146 valence electrons. The first kappa shape index (κ1) is 18.6. The first-order chi connectivity index (χ1) is 14.2. The van der Waals surface area contributed by atoms with E-state index >= 15 is 0 Å². The fraction of sp³-hybridized carbons (Fsp3) is 0.130. The van der Waals surface area contributed by atoms with Gasteiger partial charge in [0, 0.05) is 11.9 Å². The molecule has 0 saturated carbocycles. The summed E-state index contributed by atoms with van der Waals surface area (Å²) in [5.41, 5.74) is 1.97. The van der Waals surface area contributed by atoms with E-state index in [0.29, 0.717) is 12.3 Å². The first-order valence-corrected chi connectivity index (χ1v) is 9.18. The number of methoxy groups -OCH3 is 2. The van der Waals surface area contributed by atoms with Gasteiger partial charge < -0.3 is 19.5 Å². The molecule has 0 bridgehead atoms. The topological polar surface area (TPSA) is 65.5 Å². The molecule has 0 spiro atoms. The predicted molar refractivity (Wildman–Crippen MR) is 113 cm³/mol. The highest BCUT2D eigenvalue weighted by Crippen LogP contribution is 2.29. The molecule has 1 aromatic heterocycles. The van der Waals surface area contributed by atoms with Crippen molar-refractivity contribution in [2.75, 3.05) is 19.5 Å². The molecule has 4 aromatic rings. The highest BCUT2D eigenvalue weighted by atomic mass is 16.5. The van der Waals surface area contributed by atoms with Gasteiger partial charge in [-0.3, -0.25) is 0 Å². The molecule has 0 aliphatic rings. The van der Waals surface area contributed by atoms with E-state index in [1.165, 1.54) is 0 Å². The minimum absolute atomic E-state index is 0.639. The third-order valence-corrected chi connectivity index (χ3v) is 4.52. The summed E-state index contributed by atoms with van der Waals surface area (Å²) in [5, 5.41) is 4.28. The van der Waals surface area contributed by atoms with Crippen molar-refractivity contribution in [1.82, 2.24) is 9.97 Å². The van der Waals surface area contributed by atoms with E-state index < -0.39 is 0 Å². The maximum atomic E-state index is 5.98. The standard InChI is InChI=1S/C23H21N3O3/c1-27-17-5-3-16(4-6-17)14-24-23-21-13-20(11-12-22(21)25-15-26-23)29-19-9-7-18(28-2)8-10-19/h3-13,15H,14H2,1-2H3,(H,24,25,26). The summed E-state index contributed by atoms with van der Waals surface area (Å²) < 4.78 is 16.4.